The van der Waals surface area contributed by atoms with Gasteiger partial charge >= 0.3 is 8.80 Å². The van der Waals surface area contributed by atoms with Crippen LogP contribution in [0.25, 0.3) is 0 Å². The largest absolute Gasteiger partial charge is 0.500 e. The maximum Gasteiger partial charge on any atom is 0.500 e. The predicted octanol–water partition coefficient (Wildman–Crippen LogP) is 4.51. The van der Waals surface area contributed by atoms with Crippen LogP contribution < -0.4 is 0 Å². The summed E-state index contributed by atoms with van der Waals surface area (Å²) in [6.07, 6.45) is 7.29. The van der Waals surface area contributed by atoms with Crippen molar-refractivity contribution >= 4 is 20.6 Å². The summed E-state index contributed by atoms with van der Waals surface area (Å²) in [5.74, 6) is 1.86. The minimum atomic E-state index is -2.39. The standard InChI is InChI=1S/C16H32O3SSi/c1-14(2)16(10-8-15(3)9-11-16)20-12-7-13-21(17-4,18-5)19-6/h8,14H,7,9-13H2,1-6H3. The molecule has 0 fully saturated rings. The highest BCUT2D eigenvalue weighted by atomic mass is 32.2. The molecular formula is C16H32O3SSi. The predicted molar refractivity (Wildman–Crippen MR) is 93.8 cm³/mol. The fraction of sp³-hybridized carbons (Fsp3) is 0.875. The van der Waals surface area contributed by atoms with Crippen LogP contribution in [0.1, 0.15) is 46.5 Å². The van der Waals surface area contributed by atoms with Gasteiger partial charge in [0, 0.05) is 32.1 Å². The fourth-order valence-corrected chi connectivity index (χ4v) is 6.36. The molecule has 0 bridgehead atoms. The Morgan fingerprint density at radius 1 is 1.24 bits per heavy atom. The topological polar surface area (TPSA) is 27.7 Å². The van der Waals surface area contributed by atoms with Crippen LogP contribution in [0.15, 0.2) is 11.6 Å². The molecule has 1 aliphatic rings. The van der Waals surface area contributed by atoms with Gasteiger partial charge in [-0.25, -0.2) is 0 Å². The Morgan fingerprint density at radius 3 is 2.29 bits per heavy atom. The molecule has 0 radical (unpaired) electrons. The fourth-order valence-electron chi connectivity index (χ4n) is 2.90. The minimum absolute atomic E-state index is 0.414. The molecule has 0 aromatic rings. The molecule has 0 N–H and O–H groups in total. The lowest BCUT2D eigenvalue weighted by molar-refractivity contribution is 0.123. The Kier molecular flexibility index (Phi) is 7.99. The van der Waals surface area contributed by atoms with Crippen LogP contribution in [-0.2, 0) is 13.3 Å². The first-order chi connectivity index (χ1) is 9.93. The van der Waals surface area contributed by atoms with Crippen LogP contribution >= 0.6 is 11.8 Å². The van der Waals surface area contributed by atoms with Crippen LogP contribution in [0.4, 0.5) is 0 Å². The minimum Gasteiger partial charge on any atom is -0.377 e. The van der Waals surface area contributed by atoms with E-state index in [4.69, 9.17) is 13.3 Å². The summed E-state index contributed by atoms with van der Waals surface area (Å²) < 4.78 is 16.9. The van der Waals surface area contributed by atoms with Gasteiger partial charge in [0.25, 0.3) is 0 Å². The van der Waals surface area contributed by atoms with Crippen molar-refractivity contribution in [2.24, 2.45) is 5.92 Å². The lowest BCUT2D eigenvalue weighted by Crippen LogP contribution is -2.42. The highest BCUT2D eigenvalue weighted by molar-refractivity contribution is 8.00. The summed E-state index contributed by atoms with van der Waals surface area (Å²) in [5, 5.41) is 0. The Balaban J connectivity index is 2.49. The first-order valence-corrected chi connectivity index (χ1v) is 10.8. The summed E-state index contributed by atoms with van der Waals surface area (Å²) in [5.41, 5.74) is 1.55. The average molecular weight is 333 g/mol. The van der Waals surface area contributed by atoms with Crippen LogP contribution in [0.5, 0.6) is 0 Å². The highest BCUT2D eigenvalue weighted by Gasteiger charge is 2.38. The van der Waals surface area contributed by atoms with Crippen LogP contribution in [0, 0.1) is 5.92 Å². The maximum absolute atomic E-state index is 5.49. The van der Waals surface area contributed by atoms with Gasteiger partial charge in [-0.1, -0.05) is 25.5 Å². The van der Waals surface area contributed by atoms with E-state index >= 15 is 0 Å². The Bertz CT molecular complexity index is 334. The van der Waals surface area contributed by atoms with E-state index < -0.39 is 8.80 Å². The zero-order valence-electron chi connectivity index (χ0n) is 14.5. The van der Waals surface area contributed by atoms with Gasteiger partial charge in [0.2, 0.25) is 0 Å². The summed E-state index contributed by atoms with van der Waals surface area (Å²) in [6, 6.07) is 0.895. The molecule has 5 heteroatoms. The van der Waals surface area contributed by atoms with Gasteiger partial charge in [0.15, 0.2) is 0 Å². The van der Waals surface area contributed by atoms with E-state index in [9.17, 15) is 0 Å². The molecule has 1 aliphatic carbocycles. The van der Waals surface area contributed by atoms with Crippen molar-refractivity contribution in [2.75, 3.05) is 27.1 Å². The van der Waals surface area contributed by atoms with Crippen LogP contribution in [0.2, 0.25) is 6.04 Å². The van der Waals surface area contributed by atoms with Gasteiger partial charge in [-0.05, 0) is 44.3 Å². The second-order valence-corrected chi connectivity index (χ2v) is 10.8. The van der Waals surface area contributed by atoms with Gasteiger partial charge in [0.1, 0.15) is 0 Å². The lowest BCUT2D eigenvalue weighted by Gasteiger charge is -2.39. The van der Waals surface area contributed by atoms with Crippen LogP contribution in [-0.4, -0.2) is 40.6 Å². The molecule has 0 saturated heterocycles. The molecule has 1 atom stereocenters. The quantitative estimate of drug-likeness (QED) is 0.353. The molecule has 124 valence electrons. The van der Waals surface area contributed by atoms with Gasteiger partial charge in [-0.15, -0.1) is 0 Å². The third-order valence-electron chi connectivity index (χ3n) is 4.74. The van der Waals surface area contributed by atoms with Gasteiger partial charge < -0.3 is 13.3 Å². The van der Waals surface area contributed by atoms with Crippen molar-refractivity contribution < 1.29 is 13.3 Å². The molecule has 0 spiro atoms. The molecule has 0 heterocycles. The number of rotatable bonds is 9. The highest BCUT2D eigenvalue weighted by Crippen LogP contribution is 2.45. The van der Waals surface area contributed by atoms with Gasteiger partial charge in [-0.2, -0.15) is 11.8 Å². The lowest BCUT2D eigenvalue weighted by atomic mass is 9.82. The molecule has 21 heavy (non-hydrogen) atoms. The Hall–Kier alpha value is 0.187. The van der Waals surface area contributed by atoms with Crippen molar-refractivity contribution in [3.05, 3.63) is 11.6 Å². The van der Waals surface area contributed by atoms with Crippen molar-refractivity contribution in [3.8, 4) is 0 Å². The summed E-state index contributed by atoms with van der Waals surface area (Å²) >= 11 is 2.14. The van der Waals surface area contributed by atoms with E-state index in [1.165, 1.54) is 19.3 Å². The third-order valence-corrected chi connectivity index (χ3v) is 9.48. The van der Waals surface area contributed by atoms with E-state index in [-0.39, 0.29) is 0 Å². The summed E-state index contributed by atoms with van der Waals surface area (Å²) in [4.78, 5) is 0. The van der Waals surface area contributed by atoms with Crippen molar-refractivity contribution in [3.63, 3.8) is 0 Å². The molecule has 0 amide bonds. The smallest absolute Gasteiger partial charge is 0.377 e. The molecule has 0 saturated carbocycles. The maximum atomic E-state index is 5.49. The van der Waals surface area contributed by atoms with Crippen molar-refractivity contribution in [1.82, 2.24) is 0 Å². The molecule has 1 unspecified atom stereocenters. The Morgan fingerprint density at radius 2 is 1.86 bits per heavy atom. The second kappa shape index (κ2) is 8.72. The van der Waals surface area contributed by atoms with E-state index in [0.717, 1.165) is 18.2 Å². The first-order valence-electron chi connectivity index (χ1n) is 7.88. The zero-order valence-corrected chi connectivity index (χ0v) is 16.3. The van der Waals surface area contributed by atoms with Gasteiger partial charge in [-0.3, -0.25) is 0 Å². The molecule has 0 aliphatic heterocycles. The molecule has 1 rings (SSSR count). The zero-order chi connectivity index (χ0) is 15.9. The van der Waals surface area contributed by atoms with E-state index in [1.54, 1.807) is 26.9 Å². The van der Waals surface area contributed by atoms with E-state index in [0.29, 0.717) is 10.7 Å². The molecule has 0 aromatic heterocycles. The monoisotopic (exact) mass is 332 g/mol. The van der Waals surface area contributed by atoms with Gasteiger partial charge in [0.05, 0.1) is 0 Å². The second-order valence-electron chi connectivity index (χ2n) is 6.22. The van der Waals surface area contributed by atoms with E-state index in [1.807, 2.05) is 0 Å². The number of hydrogen-bond acceptors (Lipinski definition) is 4. The molecular weight excluding hydrogens is 300 g/mol. The van der Waals surface area contributed by atoms with Crippen molar-refractivity contribution in [2.45, 2.75) is 57.2 Å². The van der Waals surface area contributed by atoms with Crippen molar-refractivity contribution in [1.29, 1.82) is 0 Å². The number of hydrogen-bond donors (Lipinski definition) is 0. The van der Waals surface area contributed by atoms with Crippen LogP contribution in [0.3, 0.4) is 0 Å². The van der Waals surface area contributed by atoms with E-state index in [2.05, 4.69) is 38.6 Å². The summed E-state index contributed by atoms with van der Waals surface area (Å²) in [6.45, 7) is 6.98. The Labute approximate surface area is 136 Å². The normalized spacial score (nSPS) is 23.5. The number of thioether (sulfide) groups is 1. The third kappa shape index (κ3) is 5.10. The molecule has 3 nitrogen and oxygen atoms in total. The average Bonchev–Trinajstić information content (AvgIpc) is 2.50. The summed E-state index contributed by atoms with van der Waals surface area (Å²) in [7, 11) is 2.68. The molecule has 0 aromatic carbocycles. The SMILES string of the molecule is CO[Si](CCCSC1(C(C)C)CC=C(C)CC1)(OC)OC. The first kappa shape index (κ1) is 19.2. The number of allylic oxidation sites excluding steroid dienone is 2.